The van der Waals surface area contributed by atoms with E-state index in [2.05, 4.69) is 0 Å². The molecule has 0 unspecified atom stereocenters. The van der Waals surface area contributed by atoms with Crippen LogP contribution in [-0.2, 0) is 9.59 Å². The maximum Gasteiger partial charge on any atom is 0.304 e. The first kappa shape index (κ1) is 18.3. The largest absolute Gasteiger partial charge is 0.481 e. The summed E-state index contributed by atoms with van der Waals surface area (Å²) in [7, 11) is 2.79. The molecule has 0 saturated heterocycles. The van der Waals surface area contributed by atoms with Crippen LogP contribution in [-0.4, -0.2) is 51.3 Å². The van der Waals surface area contributed by atoms with Crippen molar-refractivity contribution in [3.63, 3.8) is 0 Å². The predicted octanol–water partition coefficient (Wildman–Crippen LogP) is 1.53. The zero-order valence-corrected chi connectivity index (χ0v) is 11.0. The Balaban J connectivity index is 0. The zero-order valence-electron chi connectivity index (χ0n) is 8.60. The van der Waals surface area contributed by atoms with Gasteiger partial charge in [0, 0.05) is 17.4 Å². The van der Waals surface area contributed by atoms with Crippen molar-refractivity contribution in [3.05, 3.63) is 0 Å². The lowest BCUT2D eigenvalue weighted by atomic mass is 10.5. The highest BCUT2D eigenvalue weighted by Crippen LogP contribution is 2.22. The van der Waals surface area contributed by atoms with Crippen molar-refractivity contribution in [2.45, 2.75) is 12.8 Å². The van der Waals surface area contributed by atoms with Crippen LogP contribution in [0, 0.1) is 0 Å². The summed E-state index contributed by atoms with van der Waals surface area (Å²) in [4.78, 5) is 20.0. The van der Waals surface area contributed by atoms with Gasteiger partial charge in [-0.05, 0) is 0 Å². The molecule has 0 radical (unpaired) electrons. The van der Waals surface area contributed by atoms with Gasteiger partial charge in [-0.15, -0.1) is 11.6 Å². The van der Waals surface area contributed by atoms with Crippen molar-refractivity contribution in [1.29, 1.82) is 0 Å². The second kappa shape index (κ2) is 14.9. The van der Waals surface area contributed by atoms with Crippen molar-refractivity contribution < 1.29 is 24.9 Å². The van der Waals surface area contributed by atoms with E-state index >= 15 is 0 Å². The van der Waals surface area contributed by atoms with Crippen LogP contribution in [0.4, 0.5) is 0 Å². The van der Waals surface area contributed by atoms with Crippen LogP contribution in [0.15, 0.2) is 0 Å². The molecule has 0 aliphatic carbocycles. The molecule has 0 aromatic heterocycles. The van der Waals surface area contributed by atoms with Crippen LogP contribution < -0.4 is 0 Å². The van der Waals surface area contributed by atoms with Crippen LogP contribution in [0.3, 0.4) is 0 Å². The quantitative estimate of drug-likeness (QED) is 0.354. The summed E-state index contributed by atoms with van der Waals surface area (Å²) < 4.78 is 0. The van der Waals surface area contributed by atoms with Crippen LogP contribution >= 0.6 is 33.2 Å². The van der Waals surface area contributed by atoms with Crippen molar-refractivity contribution in [2.24, 2.45) is 0 Å². The van der Waals surface area contributed by atoms with Crippen LogP contribution in [0.2, 0.25) is 0 Å². The second-order valence-corrected chi connectivity index (χ2v) is 5.42. The number of aliphatic hydroxyl groups excluding tert-OH is 1. The molecule has 0 aliphatic rings. The Morgan fingerprint density at radius 3 is 1.50 bits per heavy atom. The molecule has 8 heteroatoms. The third kappa shape index (κ3) is 23.6. The standard InChI is InChI=1S/C6H10O4S2.C2H5ClO/c7-5(8)1-3-11-12-4-2-6(9)10;3-1-2-4/h1-4H2,(H,7,8)(H,9,10);4H,1-2H2. The lowest BCUT2D eigenvalue weighted by molar-refractivity contribution is -0.137. The first-order valence-corrected chi connectivity index (χ1v) is 7.41. The lowest BCUT2D eigenvalue weighted by Crippen LogP contribution is -1.96. The third-order valence-corrected chi connectivity index (χ3v) is 3.54. The molecule has 5 nitrogen and oxygen atoms in total. The molecule has 0 heterocycles. The zero-order chi connectivity index (χ0) is 12.8. The minimum absolute atomic E-state index is 0.0849. The summed E-state index contributed by atoms with van der Waals surface area (Å²) >= 11 is 4.94. The van der Waals surface area contributed by atoms with Crippen LogP contribution in [0.5, 0.6) is 0 Å². The predicted molar refractivity (Wildman–Crippen MR) is 67.2 cm³/mol. The third-order valence-electron chi connectivity index (χ3n) is 0.966. The molecular weight excluding hydrogens is 276 g/mol. The molecule has 0 bridgehead atoms. The lowest BCUT2D eigenvalue weighted by Gasteiger charge is -1.95. The van der Waals surface area contributed by atoms with E-state index in [1.54, 1.807) is 0 Å². The average Bonchev–Trinajstić information content (AvgIpc) is 2.23. The van der Waals surface area contributed by atoms with Crippen molar-refractivity contribution >= 4 is 45.1 Å². The Labute approximate surface area is 107 Å². The van der Waals surface area contributed by atoms with Crippen molar-refractivity contribution in [3.8, 4) is 0 Å². The summed E-state index contributed by atoms with van der Waals surface area (Å²) in [5.74, 6) is -0.234. The number of hydrogen-bond acceptors (Lipinski definition) is 5. The van der Waals surface area contributed by atoms with Gasteiger partial charge in [-0.3, -0.25) is 9.59 Å². The fourth-order valence-corrected chi connectivity index (χ4v) is 2.33. The average molecular weight is 291 g/mol. The van der Waals surface area contributed by atoms with E-state index in [0.717, 1.165) is 0 Å². The maximum atomic E-state index is 10.0. The summed E-state index contributed by atoms with van der Waals surface area (Å²) in [6.07, 6.45) is 0.259. The van der Waals surface area contributed by atoms with Gasteiger partial charge in [0.1, 0.15) is 0 Å². The van der Waals surface area contributed by atoms with E-state index in [-0.39, 0.29) is 19.4 Å². The van der Waals surface area contributed by atoms with Gasteiger partial charge in [0.05, 0.1) is 19.4 Å². The van der Waals surface area contributed by atoms with Crippen molar-refractivity contribution in [1.82, 2.24) is 0 Å². The highest BCUT2D eigenvalue weighted by Gasteiger charge is 1.99. The second-order valence-electron chi connectivity index (χ2n) is 2.34. The van der Waals surface area contributed by atoms with Gasteiger partial charge >= 0.3 is 11.9 Å². The summed E-state index contributed by atoms with van der Waals surface area (Å²) in [6, 6.07) is 0. The van der Waals surface area contributed by atoms with E-state index in [9.17, 15) is 9.59 Å². The SMILES string of the molecule is O=C(O)CCSSCCC(=O)O.OCCCl. The number of carboxylic acid groups (broad SMARTS) is 2. The molecular formula is C8H15ClO5S2. The van der Waals surface area contributed by atoms with Gasteiger partial charge in [0.15, 0.2) is 0 Å². The smallest absolute Gasteiger partial charge is 0.304 e. The van der Waals surface area contributed by atoms with Gasteiger partial charge in [-0.25, -0.2) is 0 Å². The number of aliphatic carboxylic acids is 2. The molecule has 96 valence electrons. The van der Waals surface area contributed by atoms with Crippen LogP contribution in [0.1, 0.15) is 12.8 Å². The molecule has 0 amide bonds. The minimum atomic E-state index is -0.818. The summed E-state index contributed by atoms with van der Waals surface area (Å²) in [5, 5.41) is 24.2. The topological polar surface area (TPSA) is 94.8 Å². The first-order valence-electron chi connectivity index (χ1n) is 4.39. The Kier molecular flexibility index (Phi) is 17.0. The molecule has 16 heavy (non-hydrogen) atoms. The van der Waals surface area contributed by atoms with Gasteiger partial charge in [-0.2, -0.15) is 0 Å². The molecule has 3 N–H and O–H groups in total. The molecule has 0 aliphatic heterocycles. The fraction of sp³-hybridized carbons (Fsp3) is 0.750. The van der Waals surface area contributed by atoms with E-state index in [4.69, 9.17) is 26.9 Å². The van der Waals surface area contributed by atoms with E-state index in [1.165, 1.54) is 21.6 Å². The van der Waals surface area contributed by atoms with Gasteiger partial charge in [0.25, 0.3) is 0 Å². The summed E-state index contributed by atoms with van der Waals surface area (Å²) in [6.45, 7) is 0.0849. The molecule has 0 atom stereocenters. The van der Waals surface area contributed by atoms with Gasteiger partial charge in [-0.1, -0.05) is 21.6 Å². The minimum Gasteiger partial charge on any atom is -0.481 e. The molecule has 0 rings (SSSR count). The molecule has 0 fully saturated rings. The molecule has 0 saturated carbocycles. The van der Waals surface area contributed by atoms with E-state index < -0.39 is 11.9 Å². The summed E-state index contributed by atoms with van der Waals surface area (Å²) in [5.41, 5.74) is 0. The number of rotatable bonds is 8. The monoisotopic (exact) mass is 290 g/mol. The maximum absolute atomic E-state index is 10.0. The van der Waals surface area contributed by atoms with Crippen LogP contribution in [0.25, 0.3) is 0 Å². The number of halogens is 1. The number of aliphatic hydroxyl groups is 1. The fourth-order valence-electron chi connectivity index (χ4n) is 0.376. The molecule has 0 spiro atoms. The first-order chi connectivity index (χ1) is 7.54. The van der Waals surface area contributed by atoms with E-state index in [1.807, 2.05) is 0 Å². The highest BCUT2D eigenvalue weighted by atomic mass is 35.5. The number of carboxylic acids is 2. The Bertz CT molecular complexity index is 171. The number of alkyl halides is 1. The normalized spacial score (nSPS) is 9.12. The van der Waals surface area contributed by atoms with Gasteiger partial charge in [0.2, 0.25) is 0 Å². The highest BCUT2D eigenvalue weighted by molar-refractivity contribution is 8.76. The van der Waals surface area contributed by atoms with E-state index in [0.29, 0.717) is 17.4 Å². The van der Waals surface area contributed by atoms with Crippen molar-refractivity contribution in [2.75, 3.05) is 24.0 Å². The van der Waals surface area contributed by atoms with Gasteiger partial charge < -0.3 is 15.3 Å². The molecule has 0 aromatic carbocycles. The number of carbonyl (C=O) groups is 2. The Morgan fingerprint density at radius 1 is 1.00 bits per heavy atom. The Hall–Kier alpha value is -0.110. The molecule has 0 aromatic rings. The number of hydrogen-bond donors (Lipinski definition) is 3. The Morgan fingerprint density at radius 2 is 1.31 bits per heavy atom.